The molecule has 2 aromatic carbocycles. The van der Waals surface area contributed by atoms with Crippen LogP contribution in [0.4, 0.5) is 24.7 Å². The van der Waals surface area contributed by atoms with Crippen LogP contribution < -0.4 is 9.64 Å². The minimum absolute atomic E-state index is 0.215. The number of nitrogens with zero attached hydrogens (tertiary/aromatic N) is 4. The van der Waals surface area contributed by atoms with Gasteiger partial charge in [-0.05, 0) is 36.4 Å². The number of para-hydroxylation sites is 1. The maximum Gasteiger partial charge on any atom is 0.406 e. The molecule has 0 amide bonds. The van der Waals surface area contributed by atoms with Crippen LogP contribution in [0.1, 0.15) is 25.2 Å². The fourth-order valence-electron chi connectivity index (χ4n) is 3.83. The fourth-order valence-corrected chi connectivity index (χ4v) is 3.83. The molecule has 35 heavy (non-hydrogen) atoms. The Hall–Kier alpha value is -3.82. The van der Waals surface area contributed by atoms with Gasteiger partial charge in [0.15, 0.2) is 12.4 Å². The zero-order chi connectivity index (χ0) is 25.2. The van der Waals surface area contributed by atoms with Crippen molar-refractivity contribution in [2.24, 2.45) is 0 Å². The molecule has 0 bridgehead atoms. The maximum absolute atomic E-state index is 12.6. The lowest BCUT2D eigenvalue weighted by atomic mass is 9.89. The quantitative estimate of drug-likeness (QED) is 0.360. The van der Waals surface area contributed by atoms with Gasteiger partial charge in [0.2, 0.25) is 0 Å². The van der Waals surface area contributed by atoms with Crippen LogP contribution in [-0.4, -0.2) is 47.2 Å². The van der Waals surface area contributed by atoms with Crippen LogP contribution in [-0.2, 0) is 16.8 Å². The van der Waals surface area contributed by atoms with E-state index in [1.807, 2.05) is 54.6 Å². The molecular weight excluding hydrogens is 459 g/mol. The molecule has 0 radical (unpaired) electrons. The number of halogens is 3. The summed E-state index contributed by atoms with van der Waals surface area (Å²) in [6.07, 6.45) is -2.71. The van der Waals surface area contributed by atoms with Gasteiger partial charge in [0.1, 0.15) is 23.9 Å². The summed E-state index contributed by atoms with van der Waals surface area (Å²) in [6.45, 7) is 3.37. The van der Waals surface area contributed by atoms with Crippen LogP contribution in [0.15, 0.2) is 60.8 Å². The lowest BCUT2D eigenvalue weighted by molar-refractivity contribution is -0.137. The summed E-state index contributed by atoms with van der Waals surface area (Å²) in [6, 6.07) is 16.6. The molecule has 0 spiro atoms. The Labute approximate surface area is 201 Å². The summed E-state index contributed by atoms with van der Waals surface area (Å²) < 4.78 is 48.8. The third-order valence-electron chi connectivity index (χ3n) is 5.59. The van der Waals surface area contributed by atoms with Crippen LogP contribution in [0.3, 0.4) is 0 Å². The van der Waals surface area contributed by atoms with Crippen molar-refractivity contribution in [2.45, 2.75) is 32.0 Å². The molecule has 3 aromatic rings. The Morgan fingerprint density at radius 1 is 1.09 bits per heavy atom. The molecule has 1 aliphatic heterocycles. The molecule has 0 saturated carbocycles. The van der Waals surface area contributed by atoms with E-state index >= 15 is 0 Å². The minimum Gasteiger partial charge on any atom is -0.457 e. The summed E-state index contributed by atoms with van der Waals surface area (Å²) in [5, 5.41) is 7.74. The number of aromatic nitrogens is 2. The number of benzene rings is 2. The Balaban J connectivity index is 1.49. The van der Waals surface area contributed by atoms with E-state index in [4.69, 9.17) is 14.9 Å². The van der Waals surface area contributed by atoms with E-state index in [1.165, 1.54) is 0 Å². The minimum atomic E-state index is -4.43. The molecule has 10 heteroatoms. The summed E-state index contributed by atoms with van der Waals surface area (Å²) in [7, 11) is 1.15. The number of nitrogens with one attached hydrogen (secondary N) is 1. The Bertz CT molecular complexity index is 1180. The molecule has 1 N–H and O–H groups in total. The molecule has 0 aliphatic carbocycles. The SMILES string of the molecule is CN(CC(F)(F)F)C(=N)OCc1ncc2c(n1)N(c1ccc(Oc3ccccc3)cc1)CC2(C)C. The first kappa shape index (κ1) is 24.3. The number of amidine groups is 1. The van der Waals surface area contributed by atoms with Crippen molar-refractivity contribution in [3.8, 4) is 11.5 Å². The van der Waals surface area contributed by atoms with Crippen molar-refractivity contribution in [3.63, 3.8) is 0 Å². The average Bonchev–Trinajstić information content (AvgIpc) is 3.07. The maximum atomic E-state index is 12.6. The summed E-state index contributed by atoms with van der Waals surface area (Å²) in [5.74, 6) is 2.43. The second-order valence-electron chi connectivity index (χ2n) is 8.97. The molecule has 0 saturated heterocycles. The van der Waals surface area contributed by atoms with Crippen molar-refractivity contribution in [3.05, 3.63) is 72.2 Å². The van der Waals surface area contributed by atoms with Crippen LogP contribution in [0.5, 0.6) is 11.5 Å². The van der Waals surface area contributed by atoms with E-state index < -0.39 is 18.7 Å². The normalized spacial score (nSPS) is 14.4. The van der Waals surface area contributed by atoms with Crippen LogP contribution in [0.25, 0.3) is 0 Å². The van der Waals surface area contributed by atoms with Gasteiger partial charge in [-0.15, -0.1) is 0 Å². The molecule has 0 unspecified atom stereocenters. The Morgan fingerprint density at radius 3 is 2.40 bits per heavy atom. The van der Waals surface area contributed by atoms with Crippen molar-refractivity contribution in [1.82, 2.24) is 14.9 Å². The van der Waals surface area contributed by atoms with Crippen LogP contribution >= 0.6 is 0 Å². The van der Waals surface area contributed by atoms with Gasteiger partial charge < -0.3 is 19.3 Å². The van der Waals surface area contributed by atoms with Crippen molar-refractivity contribution < 1.29 is 22.6 Å². The first-order valence-electron chi connectivity index (χ1n) is 11.0. The van der Waals surface area contributed by atoms with Gasteiger partial charge in [0, 0.05) is 36.5 Å². The molecular formula is C25H26F3N5O2. The van der Waals surface area contributed by atoms with Gasteiger partial charge in [0.25, 0.3) is 6.02 Å². The molecule has 0 atom stereocenters. The van der Waals surface area contributed by atoms with E-state index in [0.717, 1.165) is 24.0 Å². The first-order valence-corrected chi connectivity index (χ1v) is 11.0. The van der Waals surface area contributed by atoms with Crippen LogP contribution in [0.2, 0.25) is 0 Å². The smallest absolute Gasteiger partial charge is 0.406 e. The number of hydrogen-bond donors (Lipinski definition) is 1. The third-order valence-corrected chi connectivity index (χ3v) is 5.59. The summed E-state index contributed by atoms with van der Waals surface area (Å²) in [5.41, 5.74) is 1.66. The van der Waals surface area contributed by atoms with Gasteiger partial charge in [-0.25, -0.2) is 9.97 Å². The number of hydrogen-bond acceptors (Lipinski definition) is 6. The monoisotopic (exact) mass is 485 g/mol. The highest BCUT2D eigenvalue weighted by atomic mass is 19.4. The van der Waals surface area contributed by atoms with E-state index in [9.17, 15) is 13.2 Å². The van der Waals surface area contributed by atoms with Gasteiger partial charge in [-0.2, -0.15) is 13.2 Å². The van der Waals surface area contributed by atoms with E-state index in [1.54, 1.807) is 6.20 Å². The second kappa shape index (κ2) is 9.44. The summed E-state index contributed by atoms with van der Waals surface area (Å²) in [4.78, 5) is 11.7. The lowest BCUT2D eigenvalue weighted by Gasteiger charge is -2.22. The largest absolute Gasteiger partial charge is 0.457 e. The zero-order valence-electron chi connectivity index (χ0n) is 19.6. The van der Waals surface area contributed by atoms with E-state index in [-0.39, 0.29) is 17.8 Å². The Kier molecular flexibility index (Phi) is 6.56. The highest BCUT2D eigenvalue weighted by Gasteiger charge is 2.38. The number of alkyl halides is 3. The van der Waals surface area contributed by atoms with Crippen molar-refractivity contribution >= 4 is 17.5 Å². The molecule has 4 rings (SSSR count). The highest BCUT2D eigenvalue weighted by Crippen LogP contribution is 2.43. The molecule has 1 aliphatic rings. The average molecular weight is 486 g/mol. The van der Waals surface area contributed by atoms with E-state index in [2.05, 4.69) is 28.7 Å². The number of ether oxygens (including phenoxy) is 2. The van der Waals surface area contributed by atoms with Gasteiger partial charge >= 0.3 is 6.18 Å². The summed E-state index contributed by atoms with van der Waals surface area (Å²) >= 11 is 0. The molecule has 2 heterocycles. The lowest BCUT2D eigenvalue weighted by Crippen LogP contribution is -2.36. The van der Waals surface area contributed by atoms with Gasteiger partial charge in [0.05, 0.1) is 0 Å². The fraction of sp³-hybridized carbons (Fsp3) is 0.320. The molecule has 1 aromatic heterocycles. The molecule has 0 fully saturated rings. The predicted molar refractivity (Wildman–Crippen MR) is 126 cm³/mol. The van der Waals surface area contributed by atoms with E-state index in [0.29, 0.717) is 23.0 Å². The third kappa shape index (κ3) is 5.82. The highest BCUT2D eigenvalue weighted by molar-refractivity contribution is 5.70. The van der Waals surface area contributed by atoms with Crippen LogP contribution in [0, 0.1) is 5.41 Å². The van der Waals surface area contributed by atoms with Crippen molar-refractivity contribution in [1.29, 1.82) is 5.41 Å². The zero-order valence-corrected chi connectivity index (χ0v) is 19.6. The first-order chi connectivity index (χ1) is 16.5. The second-order valence-corrected chi connectivity index (χ2v) is 8.97. The topological polar surface area (TPSA) is 74.6 Å². The number of rotatable bonds is 6. The molecule has 184 valence electrons. The standard InChI is InChI=1S/C25H26F3N5O2/c1-24(2)15-33(17-9-11-19(12-10-17)35-18-7-5-4-6-8-18)22-20(24)13-30-21(31-22)14-34-23(29)32(3)16-25(26,27)28/h4-13,29H,14-16H2,1-3H3. The molecule has 7 nitrogen and oxygen atoms in total. The van der Waals surface area contributed by atoms with Gasteiger partial charge in [-0.3, -0.25) is 5.41 Å². The predicted octanol–water partition coefficient (Wildman–Crippen LogP) is 5.64. The van der Waals surface area contributed by atoms with Crippen molar-refractivity contribution in [2.75, 3.05) is 25.0 Å². The van der Waals surface area contributed by atoms with Gasteiger partial charge in [-0.1, -0.05) is 32.0 Å². The number of fused-ring (bicyclic) bond motifs is 1. The number of anilines is 2. The Morgan fingerprint density at radius 2 is 1.74 bits per heavy atom.